The Kier molecular flexibility index (Phi) is 9.76. The molecule has 10 atom stereocenters. The van der Waals surface area contributed by atoms with Gasteiger partial charge in [0.1, 0.15) is 42.2 Å². The number of thioether (sulfide) groups is 1. The highest BCUT2D eigenvalue weighted by atomic mass is 32.2. The van der Waals surface area contributed by atoms with Gasteiger partial charge in [-0.1, -0.05) is 13.8 Å². The summed E-state index contributed by atoms with van der Waals surface area (Å²) in [5, 5.41) is 36.7. The summed E-state index contributed by atoms with van der Waals surface area (Å²) in [6.45, 7) is 5.51. The van der Waals surface area contributed by atoms with Crippen molar-refractivity contribution in [3.05, 3.63) is 0 Å². The summed E-state index contributed by atoms with van der Waals surface area (Å²) < 4.78 is 32.3. The van der Waals surface area contributed by atoms with Gasteiger partial charge >= 0.3 is 0 Å². The zero-order chi connectivity index (χ0) is 22.6. The lowest BCUT2D eigenvalue weighted by Gasteiger charge is -2.44. The van der Waals surface area contributed by atoms with Gasteiger partial charge in [0.25, 0.3) is 0 Å². The third kappa shape index (κ3) is 6.26. The minimum atomic E-state index is -1.49. The molecule has 10 heteroatoms. The summed E-state index contributed by atoms with van der Waals surface area (Å²) in [7, 11) is 0. The Morgan fingerprint density at radius 1 is 1.20 bits per heavy atom. The maximum absolute atomic E-state index is 13.5. The van der Waals surface area contributed by atoms with Gasteiger partial charge in [-0.3, -0.25) is 4.79 Å². The van der Waals surface area contributed by atoms with Crippen LogP contribution in [0.3, 0.4) is 0 Å². The molecular formula is C20H36F2N2O5S. The highest BCUT2D eigenvalue weighted by Gasteiger charge is 2.47. The minimum absolute atomic E-state index is 0.0876. The van der Waals surface area contributed by atoms with Crippen molar-refractivity contribution in [3.63, 3.8) is 0 Å². The van der Waals surface area contributed by atoms with Gasteiger partial charge in [0.15, 0.2) is 0 Å². The van der Waals surface area contributed by atoms with Gasteiger partial charge in [-0.05, 0) is 50.8 Å². The van der Waals surface area contributed by atoms with E-state index in [4.69, 9.17) is 4.74 Å². The van der Waals surface area contributed by atoms with Crippen molar-refractivity contribution in [2.45, 2.75) is 94.3 Å². The van der Waals surface area contributed by atoms with Crippen molar-refractivity contribution < 1.29 is 33.6 Å². The highest BCUT2D eigenvalue weighted by Crippen LogP contribution is 2.30. The van der Waals surface area contributed by atoms with E-state index in [0.717, 1.165) is 0 Å². The van der Waals surface area contributed by atoms with Crippen LogP contribution in [0.1, 0.15) is 40.0 Å². The molecule has 2 fully saturated rings. The molecule has 0 spiro atoms. The molecule has 0 aromatic rings. The number of carbonyl (C=O) groups excluding carboxylic acids is 1. The normalized spacial score (nSPS) is 37.7. The molecule has 2 rings (SSSR count). The standard InChI is InChI=1S/C20H36F2N2O5S/c1-9(2)14(18-16(26)15(25)17(27)20(29-18)30-4)24-19(28)13-7-11(8-23-13)5-6-12(22)10(3)21/h9-18,20,23,25-27H,5-8H2,1-4H3,(H,24,28). The first-order valence-corrected chi connectivity index (χ1v) is 11.9. The lowest BCUT2D eigenvalue weighted by atomic mass is 9.88. The quantitative estimate of drug-likeness (QED) is 0.350. The molecule has 30 heavy (non-hydrogen) atoms. The molecular weight excluding hydrogens is 418 g/mol. The maximum atomic E-state index is 13.5. The summed E-state index contributed by atoms with van der Waals surface area (Å²) in [5.74, 6) is -0.275. The van der Waals surface area contributed by atoms with Gasteiger partial charge in [0, 0.05) is 0 Å². The van der Waals surface area contributed by atoms with E-state index in [-0.39, 0.29) is 24.2 Å². The van der Waals surface area contributed by atoms with Crippen LogP contribution in [0.2, 0.25) is 0 Å². The number of aliphatic hydroxyl groups excluding tert-OH is 3. The molecule has 176 valence electrons. The first-order chi connectivity index (χ1) is 14.1. The Labute approximate surface area is 181 Å². The molecule has 2 aliphatic rings. The number of rotatable bonds is 9. The Morgan fingerprint density at radius 3 is 2.43 bits per heavy atom. The largest absolute Gasteiger partial charge is 0.388 e. The average molecular weight is 455 g/mol. The zero-order valence-corrected chi connectivity index (χ0v) is 18.8. The van der Waals surface area contributed by atoms with Crippen LogP contribution in [0.15, 0.2) is 0 Å². The fraction of sp³-hybridized carbons (Fsp3) is 0.950. The van der Waals surface area contributed by atoms with Crippen LogP contribution in [-0.4, -0.2) is 88.3 Å². The molecule has 2 aliphatic heterocycles. The topological polar surface area (TPSA) is 111 Å². The van der Waals surface area contributed by atoms with E-state index in [0.29, 0.717) is 19.4 Å². The summed E-state index contributed by atoms with van der Waals surface area (Å²) in [5.41, 5.74) is -0.716. The summed E-state index contributed by atoms with van der Waals surface area (Å²) in [4.78, 5) is 12.8. The van der Waals surface area contributed by atoms with Gasteiger partial charge in [-0.25, -0.2) is 8.78 Å². The molecule has 2 saturated heterocycles. The van der Waals surface area contributed by atoms with E-state index in [2.05, 4.69) is 10.6 Å². The molecule has 0 saturated carbocycles. The van der Waals surface area contributed by atoms with Crippen LogP contribution >= 0.6 is 11.8 Å². The van der Waals surface area contributed by atoms with Gasteiger partial charge in [-0.15, -0.1) is 11.8 Å². The lowest BCUT2D eigenvalue weighted by molar-refractivity contribution is -0.208. The highest BCUT2D eigenvalue weighted by molar-refractivity contribution is 7.99. The number of amides is 1. The molecule has 0 aromatic carbocycles. The number of carbonyl (C=O) groups is 1. The molecule has 7 nitrogen and oxygen atoms in total. The number of aliphatic hydroxyl groups is 3. The molecule has 1 amide bonds. The zero-order valence-electron chi connectivity index (χ0n) is 18.0. The van der Waals surface area contributed by atoms with Crippen molar-refractivity contribution in [1.82, 2.24) is 10.6 Å². The lowest BCUT2D eigenvalue weighted by Crippen LogP contribution is -2.64. The van der Waals surface area contributed by atoms with Crippen molar-refractivity contribution in [1.29, 1.82) is 0 Å². The van der Waals surface area contributed by atoms with E-state index < -0.39 is 54.3 Å². The SMILES string of the molecule is CSC1OC(C(NC(=O)C2CC(CCC(F)C(C)F)CN2)C(C)C)C(O)C(O)C1O. The number of hydrogen-bond donors (Lipinski definition) is 5. The van der Waals surface area contributed by atoms with E-state index in [1.165, 1.54) is 18.7 Å². The Hall–Kier alpha value is -0.520. The van der Waals surface area contributed by atoms with E-state index in [9.17, 15) is 28.9 Å². The van der Waals surface area contributed by atoms with Crippen molar-refractivity contribution in [3.8, 4) is 0 Å². The predicted octanol–water partition coefficient (Wildman–Crippen LogP) is 0.752. The molecule has 0 bridgehead atoms. The average Bonchev–Trinajstić information content (AvgIpc) is 3.18. The van der Waals surface area contributed by atoms with Gasteiger partial charge in [-0.2, -0.15) is 0 Å². The Morgan fingerprint density at radius 2 is 1.87 bits per heavy atom. The third-order valence-electron chi connectivity index (χ3n) is 6.11. The van der Waals surface area contributed by atoms with Crippen LogP contribution in [0, 0.1) is 11.8 Å². The van der Waals surface area contributed by atoms with Crippen LogP contribution in [0.5, 0.6) is 0 Å². The second kappa shape index (κ2) is 11.4. The second-order valence-corrected chi connectivity index (χ2v) is 9.72. The number of alkyl halides is 2. The number of hydrogen-bond acceptors (Lipinski definition) is 7. The molecule has 0 aromatic heterocycles. The number of nitrogens with one attached hydrogen (secondary N) is 2. The molecule has 0 radical (unpaired) electrons. The van der Waals surface area contributed by atoms with Gasteiger partial charge < -0.3 is 30.7 Å². The van der Waals surface area contributed by atoms with Crippen LogP contribution < -0.4 is 10.6 Å². The van der Waals surface area contributed by atoms with E-state index >= 15 is 0 Å². The fourth-order valence-corrected chi connectivity index (χ4v) is 4.79. The summed E-state index contributed by atoms with van der Waals surface area (Å²) in [6.07, 6.45) is -4.91. The fourth-order valence-electron chi connectivity index (χ4n) is 4.11. The van der Waals surface area contributed by atoms with Gasteiger partial charge in [0.05, 0.1) is 12.1 Å². The van der Waals surface area contributed by atoms with Crippen LogP contribution in [0.25, 0.3) is 0 Å². The van der Waals surface area contributed by atoms with E-state index in [1.807, 2.05) is 13.8 Å². The maximum Gasteiger partial charge on any atom is 0.237 e. The minimum Gasteiger partial charge on any atom is -0.388 e. The Balaban J connectivity index is 1.96. The summed E-state index contributed by atoms with van der Waals surface area (Å²) in [6, 6.07) is -1.04. The Bertz CT molecular complexity index is 557. The van der Waals surface area contributed by atoms with Crippen LogP contribution in [-0.2, 0) is 9.53 Å². The van der Waals surface area contributed by atoms with E-state index in [1.54, 1.807) is 6.26 Å². The third-order valence-corrected chi connectivity index (χ3v) is 6.96. The molecule has 0 aliphatic carbocycles. The second-order valence-electron chi connectivity index (χ2n) is 8.79. The summed E-state index contributed by atoms with van der Waals surface area (Å²) >= 11 is 1.22. The number of ether oxygens (including phenoxy) is 1. The monoisotopic (exact) mass is 454 g/mol. The van der Waals surface area contributed by atoms with Crippen molar-refractivity contribution in [2.75, 3.05) is 12.8 Å². The van der Waals surface area contributed by atoms with Gasteiger partial charge in [0.2, 0.25) is 5.91 Å². The molecule has 2 heterocycles. The molecule has 5 N–H and O–H groups in total. The first kappa shape index (κ1) is 25.7. The van der Waals surface area contributed by atoms with Crippen molar-refractivity contribution >= 4 is 17.7 Å². The van der Waals surface area contributed by atoms with Crippen LogP contribution in [0.4, 0.5) is 8.78 Å². The van der Waals surface area contributed by atoms with Crippen molar-refractivity contribution in [2.24, 2.45) is 11.8 Å². The smallest absolute Gasteiger partial charge is 0.237 e. The predicted molar refractivity (Wildman–Crippen MR) is 112 cm³/mol. The first-order valence-electron chi connectivity index (χ1n) is 10.6. The number of halogens is 2. The molecule has 10 unspecified atom stereocenters.